The van der Waals surface area contributed by atoms with Crippen LogP contribution in [0.2, 0.25) is 5.02 Å². The van der Waals surface area contributed by atoms with Crippen molar-refractivity contribution in [2.75, 3.05) is 26.3 Å². The second kappa shape index (κ2) is 7.55. The molecule has 0 saturated carbocycles. The van der Waals surface area contributed by atoms with E-state index in [2.05, 4.69) is 0 Å². The summed E-state index contributed by atoms with van der Waals surface area (Å²) < 4.78 is 25.1. The molecule has 3 heterocycles. The highest BCUT2D eigenvalue weighted by Gasteiger charge is 2.25. The Hall–Kier alpha value is -1.80. The summed E-state index contributed by atoms with van der Waals surface area (Å²) in [5, 5.41) is 1.04. The van der Waals surface area contributed by atoms with E-state index in [0.717, 1.165) is 68.2 Å². The molecular formula is C20H20ClFN3O2S+. The fraction of sp³-hybridized carbons (Fsp3) is 0.400. The lowest BCUT2D eigenvalue weighted by Gasteiger charge is -2.23. The fourth-order valence-electron chi connectivity index (χ4n) is 3.87. The standard InChI is InChI=1S/C20H19ClFN3O2S/c21-14-10-12(4-5-15(14)22)27-19-18-13-2-1-3-16(13)28-20(18)24-17(23-19)11-25-6-8-26-9-7-25/h4-5,10H,1-3,6-9,11H2/p+1. The van der Waals surface area contributed by atoms with Crippen LogP contribution in [-0.2, 0) is 24.1 Å². The van der Waals surface area contributed by atoms with Crippen molar-refractivity contribution in [3.05, 3.63) is 45.3 Å². The van der Waals surface area contributed by atoms with Crippen molar-refractivity contribution < 1.29 is 18.8 Å². The van der Waals surface area contributed by atoms with Gasteiger partial charge in [0.15, 0.2) is 5.82 Å². The van der Waals surface area contributed by atoms with Crippen LogP contribution in [0.15, 0.2) is 18.2 Å². The minimum absolute atomic E-state index is 0.0383. The van der Waals surface area contributed by atoms with Gasteiger partial charge in [0.1, 0.15) is 36.0 Å². The average molecular weight is 421 g/mol. The number of quaternary nitrogens is 1. The number of aromatic nitrogens is 2. The molecule has 146 valence electrons. The van der Waals surface area contributed by atoms with Gasteiger partial charge in [0.05, 0.1) is 23.6 Å². The molecule has 0 unspecified atom stereocenters. The Morgan fingerprint density at radius 1 is 1.21 bits per heavy atom. The quantitative estimate of drug-likeness (QED) is 0.704. The number of benzene rings is 1. The highest BCUT2D eigenvalue weighted by atomic mass is 35.5. The van der Waals surface area contributed by atoms with Gasteiger partial charge in [-0.25, -0.2) is 9.37 Å². The zero-order valence-electron chi connectivity index (χ0n) is 15.3. The van der Waals surface area contributed by atoms with Gasteiger partial charge in [0.25, 0.3) is 0 Å². The molecule has 0 atom stereocenters. The van der Waals surface area contributed by atoms with Crippen LogP contribution < -0.4 is 9.64 Å². The Morgan fingerprint density at radius 3 is 2.89 bits per heavy atom. The smallest absolute Gasteiger partial charge is 0.231 e. The second-order valence-corrected chi connectivity index (χ2v) is 8.69. The summed E-state index contributed by atoms with van der Waals surface area (Å²) in [5.41, 5.74) is 1.30. The Labute approximate surface area is 171 Å². The summed E-state index contributed by atoms with van der Waals surface area (Å²) in [6, 6.07) is 4.38. The zero-order valence-corrected chi connectivity index (χ0v) is 16.8. The van der Waals surface area contributed by atoms with Crippen LogP contribution in [0.1, 0.15) is 22.7 Å². The number of nitrogens with one attached hydrogen (secondary N) is 1. The molecule has 0 amide bonds. The van der Waals surface area contributed by atoms with Crippen molar-refractivity contribution in [3.63, 3.8) is 0 Å². The van der Waals surface area contributed by atoms with Crippen LogP contribution in [0.5, 0.6) is 11.6 Å². The molecule has 1 N–H and O–H groups in total. The van der Waals surface area contributed by atoms with E-state index >= 15 is 0 Å². The summed E-state index contributed by atoms with van der Waals surface area (Å²) in [5.74, 6) is 1.34. The Morgan fingerprint density at radius 2 is 2.07 bits per heavy atom. The molecule has 0 bridgehead atoms. The number of halogens is 2. The van der Waals surface area contributed by atoms with Gasteiger partial charge in [-0.05, 0) is 37.0 Å². The number of morpholine rings is 1. The van der Waals surface area contributed by atoms with Gasteiger partial charge in [0.2, 0.25) is 5.88 Å². The first kappa shape index (κ1) is 18.2. The van der Waals surface area contributed by atoms with Gasteiger partial charge < -0.3 is 14.4 Å². The lowest BCUT2D eigenvalue weighted by Crippen LogP contribution is -3.12. The molecule has 3 aromatic rings. The molecule has 5 nitrogen and oxygen atoms in total. The van der Waals surface area contributed by atoms with E-state index < -0.39 is 5.82 Å². The number of rotatable bonds is 4. The molecule has 28 heavy (non-hydrogen) atoms. The summed E-state index contributed by atoms with van der Waals surface area (Å²) in [4.78, 5) is 13.4. The van der Waals surface area contributed by atoms with E-state index in [1.165, 1.54) is 27.5 Å². The van der Waals surface area contributed by atoms with Crippen LogP contribution in [0.25, 0.3) is 10.2 Å². The fourth-order valence-corrected chi connectivity index (χ4v) is 5.31. The average Bonchev–Trinajstić information content (AvgIpc) is 3.26. The van der Waals surface area contributed by atoms with Gasteiger partial charge in [-0.2, -0.15) is 4.98 Å². The highest BCUT2D eigenvalue weighted by molar-refractivity contribution is 7.19. The van der Waals surface area contributed by atoms with E-state index in [9.17, 15) is 4.39 Å². The molecule has 2 aliphatic rings. The second-order valence-electron chi connectivity index (χ2n) is 7.20. The maximum absolute atomic E-state index is 13.5. The largest absolute Gasteiger partial charge is 0.438 e. The Kier molecular flexibility index (Phi) is 4.92. The van der Waals surface area contributed by atoms with Crippen molar-refractivity contribution >= 4 is 33.2 Å². The van der Waals surface area contributed by atoms with Crippen molar-refractivity contribution in [2.45, 2.75) is 25.8 Å². The molecule has 0 radical (unpaired) electrons. The van der Waals surface area contributed by atoms with E-state index in [0.29, 0.717) is 11.6 Å². The van der Waals surface area contributed by atoms with Crippen molar-refractivity contribution in [1.82, 2.24) is 9.97 Å². The van der Waals surface area contributed by atoms with E-state index in [-0.39, 0.29) is 5.02 Å². The molecule has 2 aromatic heterocycles. The highest BCUT2D eigenvalue weighted by Crippen LogP contribution is 2.41. The van der Waals surface area contributed by atoms with Gasteiger partial charge in [-0.15, -0.1) is 11.3 Å². The first-order valence-electron chi connectivity index (χ1n) is 9.53. The predicted molar refractivity (Wildman–Crippen MR) is 106 cm³/mol. The zero-order chi connectivity index (χ0) is 19.1. The Bertz CT molecular complexity index is 1040. The van der Waals surface area contributed by atoms with Crippen LogP contribution in [0, 0.1) is 5.82 Å². The van der Waals surface area contributed by atoms with Crippen molar-refractivity contribution in [2.24, 2.45) is 0 Å². The number of ether oxygens (including phenoxy) is 2. The number of aryl methyl sites for hydroxylation is 2. The summed E-state index contributed by atoms with van der Waals surface area (Å²) in [6.07, 6.45) is 3.26. The normalized spacial score (nSPS) is 17.2. The molecule has 5 rings (SSSR count). The van der Waals surface area contributed by atoms with E-state index in [1.54, 1.807) is 17.4 Å². The van der Waals surface area contributed by atoms with Gasteiger partial charge in [-0.3, -0.25) is 0 Å². The molecule has 0 spiro atoms. The maximum atomic E-state index is 13.5. The first-order chi connectivity index (χ1) is 13.7. The van der Waals surface area contributed by atoms with Gasteiger partial charge in [0, 0.05) is 10.9 Å². The maximum Gasteiger partial charge on any atom is 0.231 e. The number of hydrogen-bond acceptors (Lipinski definition) is 5. The van der Waals surface area contributed by atoms with Crippen molar-refractivity contribution in [3.8, 4) is 11.6 Å². The Balaban J connectivity index is 1.54. The lowest BCUT2D eigenvalue weighted by atomic mass is 10.2. The summed E-state index contributed by atoms with van der Waals surface area (Å²) >= 11 is 7.67. The summed E-state index contributed by atoms with van der Waals surface area (Å²) in [7, 11) is 0. The van der Waals surface area contributed by atoms with Crippen LogP contribution in [0.4, 0.5) is 4.39 Å². The lowest BCUT2D eigenvalue weighted by molar-refractivity contribution is -0.922. The topological polar surface area (TPSA) is 48.7 Å². The predicted octanol–water partition coefficient (Wildman–Crippen LogP) is 3.18. The van der Waals surface area contributed by atoms with Crippen LogP contribution in [0.3, 0.4) is 0 Å². The van der Waals surface area contributed by atoms with Crippen LogP contribution in [-0.4, -0.2) is 36.3 Å². The number of nitrogens with zero attached hydrogens (tertiary/aromatic N) is 2. The first-order valence-corrected chi connectivity index (χ1v) is 10.7. The molecule has 1 aromatic carbocycles. The minimum atomic E-state index is -0.463. The van der Waals surface area contributed by atoms with Crippen molar-refractivity contribution in [1.29, 1.82) is 0 Å². The monoisotopic (exact) mass is 420 g/mol. The third-order valence-corrected chi connectivity index (χ3v) is 6.77. The van der Waals surface area contributed by atoms with Gasteiger partial charge in [-0.1, -0.05) is 11.6 Å². The molecular weight excluding hydrogens is 401 g/mol. The number of hydrogen-bond donors (Lipinski definition) is 1. The number of thiophene rings is 1. The molecule has 8 heteroatoms. The SMILES string of the molecule is Fc1ccc(Oc2nc(C[NH+]3CCOCC3)nc3sc4c(c23)CCC4)cc1Cl. The number of fused-ring (bicyclic) bond motifs is 3. The molecule has 1 fully saturated rings. The minimum Gasteiger partial charge on any atom is -0.438 e. The van der Waals surface area contributed by atoms with Gasteiger partial charge >= 0.3 is 0 Å². The third kappa shape index (κ3) is 3.48. The van der Waals surface area contributed by atoms with Crippen LogP contribution >= 0.6 is 22.9 Å². The van der Waals surface area contributed by atoms with E-state index in [1.807, 2.05) is 0 Å². The van der Waals surface area contributed by atoms with E-state index in [4.69, 9.17) is 31.0 Å². The molecule has 1 aliphatic heterocycles. The third-order valence-electron chi connectivity index (χ3n) is 5.29. The molecule has 1 saturated heterocycles. The summed E-state index contributed by atoms with van der Waals surface area (Å²) in [6.45, 7) is 4.17. The molecule has 1 aliphatic carbocycles.